The second-order valence-corrected chi connectivity index (χ2v) is 6.58. The molecule has 0 fully saturated rings. The molecule has 0 radical (unpaired) electrons. The molecule has 0 aromatic heterocycles. The van der Waals surface area contributed by atoms with Crippen molar-refractivity contribution in [2.75, 3.05) is 0 Å². The number of carbonyl (C=O) groups excluding carboxylic acids is 1. The highest BCUT2D eigenvalue weighted by molar-refractivity contribution is 6.35. The number of halogens is 2. The van der Waals surface area contributed by atoms with Gasteiger partial charge in [0.1, 0.15) is 5.75 Å². The summed E-state index contributed by atoms with van der Waals surface area (Å²) >= 11 is 12.0. The van der Waals surface area contributed by atoms with Gasteiger partial charge in [-0.1, -0.05) is 48.3 Å². The predicted octanol–water partition coefficient (Wildman–Crippen LogP) is 5.08. The molecule has 1 amide bonds. The van der Waals surface area contributed by atoms with Crippen LogP contribution in [-0.2, 0) is 11.3 Å². The molecule has 2 aromatic rings. The van der Waals surface area contributed by atoms with Gasteiger partial charge < -0.3 is 10.1 Å². The smallest absolute Gasteiger partial charge is 0.261 e. The molecule has 0 aliphatic carbocycles. The van der Waals surface area contributed by atoms with Crippen LogP contribution in [0.3, 0.4) is 0 Å². The Morgan fingerprint density at radius 2 is 1.92 bits per heavy atom. The SMILES string of the molecule is CCC(Oc1cc(C)ccc1C)C(=O)NCc1ccc(Cl)cc1Cl. The van der Waals surface area contributed by atoms with Crippen LogP contribution >= 0.6 is 23.2 Å². The summed E-state index contributed by atoms with van der Waals surface area (Å²) in [5.74, 6) is 0.575. The molecule has 3 nitrogen and oxygen atoms in total. The van der Waals surface area contributed by atoms with Crippen molar-refractivity contribution in [3.8, 4) is 5.75 Å². The largest absolute Gasteiger partial charge is 0.480 e. The molecule has 2 rings (SSSR count). The molecule has 24 heavy (non-hydrogen) atoms. The number of benzene rings is 2. The van der Waals surface area contributed by atoms with Gasteiger partial charge in [0.25, 0.3) is 5.91 Å². The summed E-state index contributed by atoms with van der Waals surface area (Å²) in [5, 5.41) is 3.98. The highest BCUT2D eigenvalue weighted by atomic mass is 35.5. The lowest BCUT2D eigenvalue weighted by Crippen LogP contribution is -2.37. The van der Waals surface area contributed by atoms with E-state index in [1.54, 1.807) is 18.2 Å². The fourth-order valence-electron chi connectivity index (χ4n) is 2.27. The molecule has 0 spiro atoms. The Bertz CT molecular complexity index is 731. The van der Waals surface area contributed by atoms with Crippen molar-refractivity contribution in [1.29, 1.82) is 0 Å². The maximum atomic E-state index is 12.4. The maximum Gasteiger partial charge on any atom is 0.261 e. The van der Waals surface area contributed by atoms with E-state index in [1.165, 1.54) is 0 Å². The zero-order valence-electron chi connectivity index (χ0n) is 14.0. The van der Waals surface area contributed by atoms with Gasteiger partial charge in [0.2, 0.25) is 0 Å². The lowest BCUT2D eigenvalue weighted by atomic mass is 10.1. The van der Waals surface area contributed by atoms with E-state index in [-0.39, 0.29) is 5.91 Å². The van der Waals surface area contributed by atoms with Gasteiger partial charge in [-0.3, -0.25) is 4.79 Å². The first-order valence-electron chi connectivity index (χ1n) is 7.86. The summed E-state index contributed by atoms with van der Waals surface area (Å²) in [6.45, 7) is 6.22. The number of carbonyl (C=O) groups is 1. The maximum absolute atomic E-state index is 12.4. The van der Waals surface area contributed by atoms with Gasteiger partial charge in [0.15, 0.2) is 6.10 Å². The van der Waals surface area contributed by atoms with Crippen molar-refractivity contribution in [2.45, 2.75) is 39.8 Å². The third kappa shape index (κ3) is 4.89. The lowest BCUT2D eigenvalue weighted by molar-refractivity contribution is -0.128. The molecule has 0 heterocycles. The summed E-state index contributed by atoms with van der Waals surface area (Å²) in [5.41, 5.74) is 2.92. The average molecular weight is 366 g/mol. The lowest BCUT2D eigenvalue weighted by Gasteiger charge is -2.19. The zero-order valence-corrected chi connectivity index (χ0v) is 15.5. The van der Waals surface area contributed by atoms with Gasteiger partial charge in [0.05, 0.1) is 0 Å². The van der Waals surface area contributed by atoms with E-state index in [2.05, 4.69) is 5.32 Å². The van der Waals surface area contributed by atoms with Crippen LogP contribution in [0.25, 0.3) is 0 Å². The van der Waals surface area contributed by atoms with E-state index >= 15 is 0 Å². The van der Waals surface area contributed by atoms with E-state index in [9.17, 15) is 4.79 Å². The van der Waals surface area contributed by atoms with Crippen LogP contribution in [0, 0.1) is 13.8 Å². The topological polar surface area (TPSA) is 38.3 Å². The van der Waals surface area contributed by atoms with E-state index < -0.39 is 6.10 Å². The molecule has 0 bridgehead atoms. The number of amides is 1. The van der Waals surface area contributed by atoms with Crippen LogP contribution < -0.4 is 10.1 Å². The molecule has 0 saturated carbocycles. The molecule has 1 unspecified atom stereocenters. The first kappa shape index (κ1) is 18.6. The van der Waals surface area contributed by atoms with Crippen LogP contribution in [-0.4, -0.2) is 12.0 Å². The molecule has 0 saturated heterocycles. The standard InChI is InChI=1S/C19H21Cl2NO2/c1-4-17(24-18-9-12(2)5-6-13(18)3)19(23)22-11-14-7-8-15(20)10-16(14)21/h5-10,17H,4,11H2,1-3H3,(H,22,23). The van der Waals surface area contributed by atoms with Crippen LogP contribution in [0.2, 0.25) is 10.0 Å². The van der Waals surface area contributed by atoms with Gasteiger partial charge in [-0.05, 0) is 55.2 Å². The highest BCUT2D eigenvalue weighted by Gasteiger charge is 2.19. The van der Waals surface area contributed by atoms with Gasteiger partial charge in [-0.25, -0.2) is 0 Å². The monoisotopic (exact) mass is 365 g/mol. The Balaban J connectivity index is 2.02. The fourth-order valence-corrected chi connectivity index (χ4v) is 2.75. The first-order valence-corrected chi connectivity index (χ1v) is 8.62. The summed E-state index contributed by atoms with van der Waals surface area (Å²) in [7, 11) is 0. The number of hydrogen-bond donors (Lipinski definition) is 1. The van der Waals surface area contributed by atoms with Gasteiger partial charge >= 0.3 is 0 Å². The Hall–Kier alpha value is -1.71. The number of hydrogen-bond acceptors (Lipinski definition) is 2. The summed E-state index contributed by atoms with van der Waals surface area (Å²) in [6.07, 6.45) is 0.0321. The molecule has 0 aliphatic rings. The van der Waals surface area contributed by atoms with Crippen LogP contribution in [0.15, 0.2) is 36.4 Å². The first-order chi connectivity index (χ1) is 11.4. The quantitative estimate of drug-likeness (QED) is 0.774. The van der Waals surface area contributed by atoms with E-state index in [0.29, 0.717) is 23.0 Å². The molecule has 128 valence electrons. The van der Waals surface area contributed by atoms with Gasteiger partial charge in [-0.15, -0.1) is 0 Å². The normalized spacial score (nSPS) is 11.9. The number of rotatable bonds is 6. The Morgan fingerprint density at radius 3 is 2.58 bits per heavy atom. The van der Waals surface area contributed by atoms with Crippen molar-refractivity contribution < 1.29 is 9.53 Å². The second-order valence-electron chi connectivity index (χ2n) is 5.74. The van der Waals surface area contributed by atoms with Crippen molar-refractivity contribution >= 4 is 29.1 Å². The molecule has 2 aromatic carbocycles. The van der Waals surface area contributed by atoms with Gasteiger partial charge in [0, 0.05) is 16.6 Å². The van der Waals surface area contributed by atoms with Gasteiger partial charge in [-0.2, -0.15) is 0 Å². The number of nitrogens with one attached hydrogen (secondary N) is 1. The minimum atomic E-state index is -0.545. The van der Waals surface area contributed by atoms with E-state index in [1.807, 2.05) is 39.0 Å². The molecule has 1 atom stereocenters. The number of ether oxygens (including phenoxy) is 1. The molecule has 1 N–H and O–H groups in total. The van der Waals surface area contributed by atoms with Crippen molar-refractivity contribution in [3.63, 3.8) is 0 Å². The van der Waals surface area contributed by atoms with Crippen molar-refractivity contribution in [3.05, 3.63) is 63.1 Å². The van der Waals surface area contributed by atoms with Crippen LogP contribution in [0.5, 0.6) is 5.75 Å². The minimum absolute atomic E-state index is 0.163. The minimum Gasteiger partial charge on any atom is -0.480 e. The predicted molar refractivity (Wildman–Crippen MR) is 98.9 cm³/mol. The number of aryl methyl sites for hydroxylation is 2. The summed E-state index contributed by atoms with van der Waals surface area (Å²) in [6, 6.07) is 11.2. The molecule has 5 heteroatoms. The molecular weight excluding hydrogens is 345 g/mol. The Labute approximate surface area is 152 Å². The van der Waals surface area contributed by atoms with E-state index in [4.69, 9.17) is 27.9 Å². The van der Waals surface area contributed by atoms with Crippen LogP contribution in [0.1, 0.15) is 30.0 Å². The summed E-state index contributed by atoms with van der Waals surface area (Å²) < 4.78 is 5.91. The summed E-state index contributed by atoms with van der Waals surface area (Å²) in [4.78, 5) is 12.4. The fraction of sp³-hybridized carbons (Fsp3) is 0.316. The zero-order chi connectivity index (χ0) is 17.7. The van der Waals surface area contributed by atoms with Crippen LogP contribution in [0.4, 0.5) is 0 Å². The average Bonchev–Trinajstić information content (AvgIpc) is 2.54. The Kier molecular flexibility index (Phi) is 6.52. The van der Waals surface area contributed by atoms with Crippen molar-refractivity contribution in [1.82, 2.24) is 5.32 Å². The molecule has 0 aliphatic heterocycles. The Morgan fingerprint density at radius 1 is 1.17 bits per heavy atom. The third-order valence-corrected chi connectivity index (χ3v) is 4.33. The van der Waals surface area contributed by atoms with Crippen molar-refractivity contribution in [2.24, 2.45) is 0 Å². The second kappa shape index (κ2) is 8.41. The third-order valence-electron chi connectivity index (χ3n) is 3.74. The molecular formula is C19H21Cl2NO2. The van der Waals surface area contributed by atoms with E-state index in [0.717, 1.165) is 22.4 Å². The highest BCUT2D eigenvalue weighted by Crippen LogP contribution is 2.22.